The van der Waals surface area contributed by atoms with E-state index in [2.05, 4.69) is 45.1 Å². The van der Waals surface area contributed by atoms with Crippen LogP contribution in [0.3, 0.4) is 0 Å². The Kier molecular flexibility index (Phi) is 3.77. The number of allylic oxidation sites excluding steroid dienone is 4. The molecule has 0 nitrogen and oxygen atoms in total. The maximum absolute atomic E-state index is 2.41. The summed E-state index contributed by atoms with van der Waals surface area (Å²) in [5.74, 6) is 0.911. The van der Waals surface area contributed by atoms with E-state index in [0.717, 1.165) is 5.92 Å². The molecule has 1 fully saturated rings. The molecule has 2 unspecified atom stereocenters. The fourth-order valence-electron chi connectivity index (χ4n) is 2.54. The Morgan fingerprint density at radius 1 is 1.38 bits per heavy atom. The highest BCUT2D eigenvalue weighted by molar-refractivity contribution is 5.10. The van der Waals surface area contributed by atoms with Gasteiger partial charge in [-0.25, -0.2) is 0 Å². The van der Waals surface area contributed by atoms with Crippen molar-refractivity contribution >= 4 is 0 Å². The third kappa shape index (κ3) is 2.46. The Labute approximate surface area is 82.7 Å². The maximum atomic E-state index is 2.41. The SMILES string of the molecule is CC=C/C=C\C1(C)CCCC1CC. The van der Waals surface area contributed by atoms with Crippen molar-refractivity contribution in [3.63, 3.8) is 0 Å². The maximum Gasteiger partial charge on any atom is -0.0115 e. The van der Waals surface area contributed by atoms with Gasteiger partial charge in [-0.3, -0.25) is 0 Å². The van der Waals surface area contributed by atoms with Crippen molar-refractivity contribution in [3.8, 4) is 0 Å². The van der Waals surface area contributed by atoms with Crippen LogP contribution in [-0.4, -0.2) is 0 Å². The van der Waals surface area contributed by atoms with Crippen LogP contribution >= 0.6 is 0 Å². The largest absolute Gasteiger partial charge is 0.0877 e. The van der Waals surface area contributed by atoms with E-state index in [1.54, 1.807) is 0 Å². The molecule has 0 spiro atoms. The summed E-state index contributed by atoms with van der Waals surface area (Å²) in [5.41, 5.74) is 0.480. The van der Waals surface area contributed by atoms with E-state index in [-0.39, 0.29) is 0 Å². The van der Waals surface area contributed by atoms with Gasteiger partial charge < -0.3 is 0 Å². The molecule has 0 heteroatoms. The summed E-state index contributed by atoms with van der Waals surface area (Å²) in [5, 5.41) is 0. The minimum atomic E-state index is 0.480. The Hall–Kier alpha value is -0.520. The van der Waals surface area contributed by atoms with Crippen molar-refractivity contribution in [2.24, 2.45) is 11.3 Å². The molecule has 0 aromatic heterocycles. The molecule has 0 aromatic carbocycles. The molecule has 1 saturated carbocycles. The second-order valence-electron chi connectivity index (χ2n) is 4.39. The molecule has 0 N–H and O–H groups in total. The lowest BCUT2D eigenvalue weighted by atomic mass is 9.78. The lowest BCUT2D eigenvalue weighted by Crippen LogP contribution is -2.17. The highest BCUT2D eigenvalue weighted by atomic mass is 14.4. The van der Waals surface area contributed by atoms with Gasteiger partial charge in [-0.1, -0.05) is 51.0 Å². The molecule has 0 aromatic rings. The summed E-state index contributed by atoms with van der Waals surface area (Å²) in [6.07, 6.45) is 14.4. The van der Waals surface area contributed by atoms with Gasteiger partial charge in [0.25, 0.3) is 0 Å². The van der Waals surface area contributed by atoms with Gasteiger partial charge in [-0.05, 0) is 31.1 Å². The smallest absolute Gasteiger partial charge is 0.0115 e. The van der Waals surface area contributed by atoms with Gasteiger partial charge in [0, 0.05) is 0 Å². The van der Waals surface area contributed by atoms with Crippen molar-refractivity contribution in [3.05, 3.63) is 24.3 Å². The zero-order chi connectivity index (χ0) is 9.73. The average molecular weight is 178 g/mol. The highest BCUT2D eigenvalue weighted by Gasteiger charge is 2.34. The first-order valence-electron chi connectivity index (χ1n) is 5.53. The summed E-state index contributed by atoms with van der Waals surface area (Å²) in [4.78, 5) is 0. The Morgan fingerprint density at radius 2 is 2.15 bits per heavy atom. The molecule has 0 bridgehead atoms. The zero-order valence-electron chi connectivity index (χ0n) is 9.22. The van der Waals surface area contributed by atoms with E-state index in [1.807, 2.05) is 0 Å². The lowest BCUT2D eigenvalue weighted by molar-refractivity contribution is 0.298. The number of hydrogen-bond donors (Lipinski definition) is 0. The van der Waals surface area contributed by atoms with Gasteiger partial charge in [0.1, 0.15) is 0 Å². The second kappa shape index (κ2) is 4.64. The summed E-state index contributed by atoms with van der Waals surface area (Å²) in [6.45, 7) is 6.80. The van der Waals surface area contributed by atoms with Crippen molar-refractivity contribution in [1.82, 2.24) is 0 Å². The quantitative estimate of drug-likeness (QED) is 0.564. The molecule has 1 aliphatic rings. The Bertz CT molecular complexity index is 200. The molecular weight excluding hydrogens is 156 g/mol. The Morgan fingerprint density at radius 3 is 2.77 bits per heavy atom. The van der Waals surface area contributed by atoms with Crippen LogP contribution in [0.4, 0.5) is 0 Å². The van der Waals surface area contributed by atoms with Crippen LogP contribution in [0.2, 0.25) is 0 Å². The second-order valence-corrected chi connectivity index (χ2v) is 4.39. The minimum absolute atomic E-state index is 0.480. The standard InChI is InChI=1S/C13H22/c1-4-6-7-10-13(3)11-8-9-12(13)5-2/h4,6-7,10,12H,5,8-9,11H2,1-3H3/b6-4?,10-7-. The van der Waals surface area contributed by atoms with Gasteiger partial charge in [0.2, 0.25) is 0 Å². The molecule has 1 rings (SSSR count). The first-order valence-corrected chi connectivity index (χ1v) is 5.53. The third-order valence-corrected chi connectivity index (χ3v) is 3.47. The van der Waals surface area contributed by atoms with E-state index < -0.39 is 0 Å². The molecule has 1 aliphatic carbocycles. The molecule has 0 aliphatic heterocycles. The van der Waals surface area contributed by atoms with Crippen LogP contribution in [0.1, 0.15) is 46.5 Å². The van der Waals surface area contributed by atoms with Crippen LogP contribution in [0.15, 0.2) is 24.3 Å². The molecule has 74 valence electrons. The number of rotatable bonds is 3. The van der Waals surface area contributed by atoms with Gasteiger partial charge in [-0.15, -0.1) is 0 Å². The first-order chi connectivity index (χ1) is 6.23. The van der Waals surface area contributed by atoms with Crippen LogP contribution < -0.4 is 0 Å². The lowest BCUT2D eigenvalue weighted by Gasteiger charge is -2.27. The third-order valence-electron chi connectivity index (χ3n) is 3.47. The molecule has 0 heterocycles. The van der Waals surface area contributed by atoms with E-state index in [9.17, 15) is 0 Å². The predicted molar refractivity (Wildman–Crippen MR) is 59.7 cm³/mol. The van der Waals surface area contributed by atoms with Gasteiger partial charge >= 0.3 is 0 Å². The van der Waals surface area contributed by atoms with Gasteiger partial charge in [0.15, 0.2) is 0 Å². The van der Waals surface area contributed by atoms with Crippen molar-refractivity contribution in [2.45, 2.75) is 46.5 Å². The first kappa shape index (κ1) is 10.6. The van der Waals surface area contributed by atoms with E-state index in [1.165, 1.54) is 25.7 Å². The summed E-state index contributed by atoms with van der Waals surface area (Å²) >= 11 is 0. The fraction of sp³-hybridized carbons (Fsp3) is 0.692. The molecule has 2 atom stereocenters. The molecule has 0 radical (unpaired) electrons. The predicted octanol–water partition coefficient (Wildman–Crippen LogP) is 4.34. The summed E-state index contributed by atoms with van der Waals surface area (Å²) in [7, 11) is 0. The van der Waals surface area contributed by atoms with Crippen LogP contribution in [-0.2, 0) is 0 Å². The van der Waals surface area contributed by atoms with Crippen molar-refractivity contribution in [2.75, 3.05) is 0 Å². The van der Waals surface area contributed by atoms with Gasteiger partial charge in [-0.2, -0.15) is 0 Å². The van der Waals surface area contributed by atoms with Crippen LogP contribution in [0.5, 0.6) is 0 Å². The number of hydrogen-bond acceptors (Lipinski definition) is 0. The average Bonchev–Trinajstić information content (AvgIpc) is 2.47. The van der Waals surface area contributed by atoms with Crippen molar-refractivity contribution < 1.29 is 0 Å². The highest BCUT2D eigenvalue weighted by Crippen LogP contribution is 2.45. The van der Waals surface area contributed by atoms with E-state index in [0.29, 0.717) is 5.41 Å². The molecule has 0 amide bonds. The normalized spacial score (nSPS) is 35.2. The topological polar surface area (TPSA) is 0 Å². The molecular formula is C13H22. The van der Waals surface area contributed by atoms with Crippen LogP contribution in [0.25, 0.3) is 0 Å². The monoisotopic (exact) mass is 178 g/mol. The van der Waals surface area contributed by atoms with Crippen molar-refractivity contribution in [1.29, 1.82) is 0 Å². The molecule has 0 saturated heterocycles. The van der Waals surface area contributed by atoms with Crippen LogP contribution in [0, 0.1) is 11.3 Å². The van der Waals surface area contributed by atoms with Gasteiger partial charge in [0.05, 0.1) is 0 Å². The van der Waals surface area contributed by atoms with E-state index >= 15 is 0 Å². The zero-order valence-corrected chi connectivity index (χ0v) is 9.22. The van der Waals surface area contributed by atoms with E-state index in [4.69, 9.17) is 0 Å². The minimum Gasteiger partial charge on any atom is -0.0877 e. The fourth-order valence-corrected chi connectivity index (χ4v) is 2.54. The summed E-state index contributed by atoms with van der Waals surface area (Å²) in [6, 6.07) is 0. The Balaban J connectivity index is 2.63. The summed E-state index contributed by atoms with van der Waals surface area (Å²) < 4.78 is 0. The molecule has 13 heavy (non-hydrogen) atoms.